The number of hydrogen-bond acceptors (Lipinski definition) is 1. The number of carbonyl (C=O) groups excluding carboxylic acids is 1. The Kier molecular flexibility index (Phi) is 5.98. The fourth-order valence-electron chi connectivity index (χ4n) is 1.74. The summed E-state index contributed by atoms with van der Waals surface area (Å²) in [6, 6.07) is 2.18. The van der Waals surface area contributed by atoms with Gasteiger partial charge in [0.05, 0.1) is 5.56 Å². The van der Waals surface area contributed by atoms with Crippen molar-refractivity contribution in [1.82, 2.24) is 5.32 Å². The van der Waals surface area contributed by atoms with Crippen LogP contribution in [0.1, 0.15) is 48.5 Å². The quantitative estimate of drug-likeness (QED) is 0.619. The second-order valence-electron chi connectivity index (χ2n) is 4.51. The molecule has 0 aliphatic heterocycles. The summed E-state index contributed by atoms with van der Waals surface area (Å²) in [6.07, 6.45) is -0.858. The third-order valence-corrected chi connectivity index (χ3v) is 2.85. The maximum absolute atomic E-state index is 13.3. The molecule has 0 atom stereocenters. The van der Waals surface area contributed by atoms with Crippen LogP contribution in [0.3, 0.4) is 0 Å². The van der Waals surface area contributed by atoms with Crippen molar-refractivity contribution < 1.29 is 22.4 Å². The molecular formula is C14H17F4NO. The van der Waals surface area contributed by atoms with E-state index in [0.717, 1.165) is 31.7 Å². The van der Waals surface area contributed by atoms with E-state index in [-0.39, 0.29) is 5.56 Å². The van der Waals surface area contributed by atoms with Gasteiger partial charge in [-0.2, -0.15) is 13.2 Å². The Morgan fingerprint density at radius 3 is 2.45 bits per heavy atom. The summed E-state index contributed by atoms with van der Waals surface area (Å²) in [6.45, 7) is 2.49. The molecule has 0 spiro atoms. The first-order valence-corrected chi connectivity index (χ1v) is 6.51. The Morgan fingerprint density at radius 2 is 1.90 bits per heavy atom. The van der Waals surface area contributed by atoms with E-state index < -0.39 is 23.5 Å². The van der Waals surface area contributed by atoms with Gasteiger partial charge in [0, 0.05) is 12.1 Å². The van der Waals surface area contributed by atoms with Crippen LogP contribution in [0.4, 0.5) is 17.6 Å². The molecule has 0 saturated carbocycles. The maximum atomic E-state index is 13.3. The van der Waals surface area contributed by atoms with Gasteiger partial charge in [-0.1, -0.05) is 26.2 Å². The zero-order chi connectivity index (χ0) is 15.2. The molecule has 0 aliphatic carbocycles. The van der Waals surface area contributed by atoms with Gasteiger partial charge in [0.25, 0.3) is 5.91 Å². The number of halogens is 4. The van der Waals surface area contributed by atoms with Crippen molar-refractivity contribution in [2.24, 2.45) is 0 Å². The molecule has 0 fully saturated rings. The Hall–Kier alpha value is -1.59. The van der Waals surface area contributed by atoms with Gasteiger partial charge in [-0.05, 0) is 24.6 Å². The van der Waals surface area contributed by atoms with Crippen LogP contribution >= 0.6 is 0 Å². The second-order valence-corrected chi connectivity index (χ2v) is 4.51. The van der Waals surface area contributed by atoms with Crippen LogP contribution in [0, 0.1) is 5.82 Å². The molecule has 0 saturated heterocycles. The number of hydrogen-bond donors (Lipinski definition) is 1. The van der Waals surface area contributed by atoms with Crippen LogP contribution in [0.5, 0.6) is 0 Å². The maximum Gasteiger partial charge on any atom is 0.419 e. The summed E-state index contributed by atoms with van der Waals surface area (Å²) in [5.41, 5.74) is -1.47. The highest BCUT2D eigenvalue weighted by molar-refractivity contribution is 5.94. The Bertz CT molecular complexity index is 457. The molecule has 0 heterocycles. The predicted octanol–water partition coefficient (Wildman–Crippen LogP) is 4.15. The number of alkyl halides is 3. The molecular weight excluding hydrogens is 274 g/mol. The Labute approximate surface area is 115 Å². The number of amides is 1. The van der Waals surface area contributed by atoms with Crippen LogP contribution in [0.15, 0.2) is 18.2 Å². The molecule has 0 aromatic heterocycles. The minimum Gasteiger partial charge on any atom is -0.352 e. The average Bonchev–Trinajstić information content (AvgIpc) is 2.36. The van der Waals surface area contributed by atoms with Crippen LogP contribution in [0.25, 0.3) is 0 Å². The van der Waals surface area contributed by atoms with Crippen LogP contribution < -0.4 is 5.32 Å². The van der Waals surface area contributed by atoms with E-state index in [4.69, 9.17) is 0 Å². The van der Waals surface area contributed by atoms with Gasteiger partial charge in [-0.25, -0.2) is 4.39 Å². The molecule has 20 heavy (non-hydrogen) atoms. The van der Waals surface area contributed by atoms with Crippen molar-refractivity contribution in [1.29, 1.82) is 0 Å². The van der Waals surface area contributed by atoms with Crippen molar-refractivity contribution in [2.75, 3.05) is 6.54 Å². The van der Waals surface area contributed by atoms with E-state index in [9.17, 15) is 22.4 Å². The lowest BCUT2D eigenvalue weighted by Crippen LogP contribution is -2.24. The van der Waals surface area contributed by atoms with Gasteiger partial charge in [0.1, 0.15) is 5.82 Å². The molecule has 0 radical (unpaired) electrons. The van der Waals surface area contributed by atoms with Gasteiger partial charge in [-0.3, -0.25) is 4.79 Å². The third kappa shape index (κ3) is 4.83. The average molecular weight is 291 g/mol. The van der Waals surface area contributed by atoms with Crippen molar-refractivity contribution in [3.8, 4) is 0 Å². The van der Waals surface area contributed by atoms with Crippen LogP contribution in [-0.4, -0.2) is 12.5 Å². The summed E-state index contributed by atoms with van der Waals surface area (Å²) in [4.78, 5) is 11.6. The lowest BCUT2D eigenvalue weighted by Gasteiger charge is -2.09. The standard InChI is InChI=1S/C14H17F4NO/c1-2-3-4-5-8-19-13(20)10-6-7-11(12(15)9-10)14(16,17)18/h6-7,9H,2-5,8H2,1H3,(H,19,20). The first-order chi connectivity index (χ1) is 9.36. The van der Waals surface area contributed by atoms with E-state index in [1.54, 1.807) is 0 Å². The zero-order valence-corrected chi connectivity index (χ0v) is 11.2. The first-order valence-electron chi connectivity index (χ1n) is 6.51. The molecule has 2 nitrogen and oxygen atoms in total. The molecule has 112 valence electrons. The molecule has 0 aliphatic rings. The zero-order valence-electron chi connectivity index (χ0n) is 11.2. The molecule has 1 aromatic carbocycles. The van der Waals surface area contributed by atoms with Gasteiger partial charge < -0.3 is 5.32 Å². The van der Waals surface area contributed by atoms with Crippen molar-refractivity contribution in [3.63, 3.8) is 0 Å². The Morgan fingerprint density at radius 1 is 1.20 bits per heavy atom. The van der Waals surface area contributed by atoms with Crippen molar-refractivity contribution in [2.45, 2.75) is 38.8 Å². The van der Waals surface area contributed by atoms with Crippen LogP contribution in [-0.2, 0) is 6.18 Å². The summed E-state index contributed by atoms with van der Waals surface area (Å²) in [7, 11) is 0. The topological polar surface area (TPSA) is 29.1 Å². The summed E-state index contributed by atoms with van der Waals surface area (Å²) >= 11 is 0. The highest BCUT2D eigenvalue weighted by atomic mass is 19.4. The molecule has 0 unspecified atom stereocenters. The van der Waals surface area contributed by atoms with Gasteiger partial charge in [0.2, 0.25) is 0 Å². The highest BCUT2D eigenvalue weighted by Gasteiger charge is 2.34. The van der Waals surface area contributed by atoms with Gasteiger partial charge in [-0.15, -0.1) is 0 Å². The van der Waals surface area contributed by atoms with Crippen LogP contribution in [0.2, 0.25) is 0 Å². The summed E-state index contributed by atoms with van der Waals surface area (Å²) in [5, 5.41) is 2.56. The van der Waals surface area contributed by atoms with E-state index in [1.165, 1.54) is 0 Å². The van der Waals surface area contributed by atoms with Crippen molar-refractivity contribution in [3.05, 3.63) is 35.1 Å². The fourth-order valence-corrected chi connectivity index (χ4v) is 1.74. The monoisotopic (exact) mass is 291 g/mol. The summed E-state index contributed by atoms with van der Waals surface area (Å²) < 4.78 is 50.4. The van der Waals surface area contributed by atoms with Gasteiger partial charge in [0.15, 0.2) is 0 Å². The molecule has 0 bridgehead atoms. The first kappa shape index (κ1) is 16.5. The fraction of sp³-hybridized carbons (Fsp3) is 0.500. The third-order valence-electron chi connectivity index (χ3n) is 2.85. The Balaban J connectivity index is 2.59. The van der Waals surface area contributed by atoms with Crippen molar-refractivity contribution >= 4 is 5.91 Å². The number of rotatable bonds is 6. The highest BCUT2D eigenvalue weighted by Crippen LogP contribution is 2.31. The van der Waals surface area contributed by atoms with E-state index in [0.29, 0.717) is 18.7 Å². The number of benzene rings is 1. The van der Waals surface area contributed by atoms with E-state index >= 15 is 0 Å². The molecule has 1 N–H and O–H groups in total. The number of unbranched alkanes of at least 4 members (excludes halogenated alkanes) is 3. The van der Waals surface area contributed by atoms with E-state index in [1.807, 2.05) is 0 Å². The lowest BCUT2D eigenvalue weighted by molar-refractivity contribution is -0.140. The lowest BCUT2D eigenvalue weighted by atomic mass is 10.1. The summed E-state index contributed by atoms with van der Waals surface area (Å²) in [5.74, 6) is -2.00. The SMILES string of the molecule is CCCCCCNC(=O)c1ccc(C(F)(F)F)c(F)c1. The largest absolute Gasteiger partial charge is 0.419 e. The molecule has 6 heteroatoms. The second kappa shape index (κ2) is 7.26. The van der Waals surface area contributed by atoms with E-state index in [2.05, 4.69) is 12.2 Å². The minimum absolute atomic E-state index is 0.106. The number of nitrogens with one attached hydrogen (secondary N) is 1. The minimum atomic E-state index is -4.75. The van der Waals surface area contributed by atoms with Gasteiger partial charge >= 0.3 is 6.18 Å². The smallest absolute Gasteiger partial charge is 0.352 e. The predicted molar refractivity (Wildman–Crippen MR) is 67.9 cm³/mol. The normalized spacial score (nSPS) is 11.4. The number of carbonyl (C=O) groups is 1. The molecule has 1 aromatic rings. The molecule has 1 rings (SSSR count). The molecule has 1 amide bonds.